The number of nitrogens with zero attached hydrogens (tertiary/aromatic N) is 1. The SMILES string of the molecule is CC1(C)CN(C2CC2)CC(O)CN1. The van der Waals surface area contributed by atoms with Crippen molar-refractivity contribution in [2.75, 3.05) is 19.6 Å². The fourth-order valence-corrected chi connectivity index (χ4v) is 2.08. The molecular formula is C10H20N2O. The molecule has 0 aromatic rings. The Kier molecular flexibility index (Phi) is 2.34. The Morgan fingerprint density at radius 1 is 1.38 bits per heavy atom. The zero-order valence-electron chi connectivity index (χ0n) is 8.58. The summed E-state index contributed by atoms with van der Waals surface area (Å²) in [5.41, 5.74) is 0.153. The number of hydrogen-bond donors (Lipinski definition) is 2. The summed E-state index contributed by atoms with van der Waals surface area (Å²) in [7, 11) is 0. The predicted molar refractivity (Wildman–Crippen MR) is 52.7 cm³/mol. The van der Waals surface area contributed by atoms with Crippen molar-refractivity contribution >= 4 is 0 Å². The number of aliphatic hydroxyl groups is 1. The average molecular weight is 184 g/mol. The Morgan fingerprint density at radius 2 is 2.08 bits per heavy atom. The van der Waals surface area contributed by atoms with Crippen molar-refractivity contribution in [3.8, 4) is 0 Å². The summed E-state index contributed by atoms with van der Waals surface area (Å²) in [5.74, 6) is 0. The van der Waals surface area contributed by atoms with Crippen LogP contribution in [-0.2, 0) is 0 Å². The quantitative estimate of drug-likeness (QED) is 0.611. The van der Waals surface area contributed by atoms with E-state index in [9.17, 15) is 5.11 Å². The van der Waals surface area contributed by atoms with Gasteiger partial charge in [0.15, 0.2) is 0 Å². The van der Waals surface area contributed by atoms with Gasteiger partial charge in [-0.2, -0.15) is 0 Å². The molecule has 1 saturated heterocycles. The largest absolute Gasteiger partial charge is 0.390 e. The first-order chi connectivity index (χ1) is 6.07. The van der Waals surface area contributed by atoms with Gasteiger partial charge in [0.2, 0.25) is 0 Å². The first kappa shape index (κ1) is 9.44. The molecule has 1 aliphatic carbocycles. The van der Waals surface area contributed by atoms with Crippen LogP contribution in [0.3, 0.4) is 0 Å². The van der Waals surface area contributed by atoms with E-state index < -0.39 is 0 Å². The second kappa shape index (κ2) is 3.23. The lowest BCUT2D eigenvalue weighted by Gasteiger charge is -2.29. The minimum atomic E-state index is -0.192. The second-order valence-electron chi connectivity index (χ2n) is 5.08. The first-order valence-corrected chi connectivity index (χ1v) is 5.24. The van der Waals surface area contributed by atoms with Crippen LogP contribution < -0.4 is 5.32 Å². The van der Waals surface area contributed by atoms with Crippen LogP contribution >= 0.6 is 0 Å². The highest BCUT2D eigenvalue weighted by molar-refractivity contribution is 4.94. The Bertz CT molecular complexity index is 189. The highest BCUT2D eigenvalue weighted by atomic mass is 16.3. The molecule has 3 nitrogen and oxygen atoms in total. The molecule has 0 amide bonds. The van der Waals surface area contributed by atoms with Gasteiger partial charge in [0, 0.05) is 31.2 Å². The van der Waals surface area contributed by atoms with E-state index in [2.05, 4.69) is 24.1 Å². The maximum atomic E-state index is 9.66. The highest BCUT2D eigenvalue weighted by Gasteiger charge is 2.36. The van der Waals surface area contributed by atoms with E-state index in [1.54, 1.807) is 0 Å². The van der Waals surface area contributed by atoms with Gasteiger partial charge in [-0.3, -0.25) is 4.90 Å². The molecule has 1 atom stereocenters. The van der Waals surface area contributed by atoms with Crippen LogP contribution in [0.25, 0.3) is 0 Å². The molecule has 0 spiro atoms. The van der Waals surface area contributed by atoms with Crippen LogP contribution in [0.4, 0.5) is 0 Å². The third-order valence-electron chi connectivity index (χ3n) is 2.92. The van der Waals surface area contributed by atoms with Crippen LogP contribution in [-0.4, -0.2) is 47.3 Å². The van der Waals surface area contributed by atoms with E-state index in [4.69, 9.17) is 0 Å². The second-order valence-corrected chi connectivity index (χ2v) is 5.08. The summed E-state index contributed by atoms with van der Waals surface area (Å²) in [6.07, 6.45) is 2.45. The van der Waals surface area contributed by atoms with Crippen molar-refractivity contribution in [1.29, 1.82) is 0 Å². The molecule has 76 valence electrons. The summed E-state index contributed by atoms with van der Waals surface area (Å²) < 4.78 is 0. The normalized spacial score (nSPS) is 35.8. The molecule has 2 aliphatic rings. The Hall–Kier alpha value is -0.120. The average Bonchev–Trinajstić information content (AvgIpc) is 2.79. The van der Waals surface area contributed by atoms with Gasteiger partial charge in [0.05, 0.1) is 6.10 Å². The van der Waals surface area contributed by atoms with Crippen molar-refractivity contribution < 1.29 is 5.11 Å². The van der Waals surface area contributed by atoms with Crippen molar-refractivity contribution in [2.24, 2.45) is 0 Å². The molecule has 1 saturated carbocycles. The number of aliphatic hydroxyl groups excluding tert-OH is 1. The van der Waals surface area contributed by atoms with Crippen molar-refractivity contribution in [3.63, 3.8) is 0 Å². The summed E-state index contributed by atoms with van der Waals surface area (Å²) in [6.45, 7) is 7.06. The Labute approximate surface area is 80.1 Å². The van der Waals surface area contributed by atoms with Crippen molar-refractivity contribution in [1.82, 2.24) is 10.2 Å². The van der Waals surface area contributed by atoms with E-state index in [0.717, 1.165) is 25.7 Å². The highest BCUT2D eigenvalue weighted by Crippen LogP contribution is 2.29. The van der Waals surface area contributed by atoms with Gasteiger partial charge >= 0.3 is 0 Å². The first-order valence-electron chi connectivity index (χ1n) is 5.24. The molecule has 1 unspecified atom stereocenters. The van der Waals surface area contributed by atoms with Crippen LogP contribution in [0.15, 0.2) is 0 Å². The number of hydrogen-bond acceptors (Lipinski definition) is 3. The van der Waals surface area contributed by atoms with Gasteiger partial charge in [0.25, 0.3) is 0 Å². The molecule has 3 heteroatoms. The predicted octanol–water partition coefficient (Wildman–Crippen LogP) is 0.193. The zero-order chi connectivity index (χ0) is 9.47. The van der Waals surface area contributed by atoms with Crippen molar-refractivity contribution in [2.45, 2.75) is 44.4 Å². The molecule has 2 N–H and O–H groups in total. The Balaban J connectivity index is 2.00. The molecule has 0 aromatic carbocycles. The van der Waals surface area contributed by atoms with Crippen LogP contribution in [0.5, 0.6) is 0 Å². The van der Waals surface area contributed by atoms with Gasteiger partial charge in [-0.15, -0.1) is 0 Å². The lowest BCUT2D eigenvalue weighted by atomic mass is 10.1. The maximum absolute atomic E-state index is 9.66. The minimum absolute atomic E-state index is 0.153. The van der Waals surface area contributed by atoms with Gasteiger partial charge in [-0.25, -0.2) is 0 Å². The maximum Gasteiger partial charge on any atom is 0.0791 e. The monoisotopic (exact) mass is 184 g/mol. The molecular weight excluding hydrogens is 164 g/mol. The fourth-order valence-electron chi connectivity index (χ4n) is 2.08. The van der Waals surface area contributed by atoms with Gasteiger partial charge in [0.1, 0.15) is 0 Å². The summed E-state index contributed by atoms with van der Waals surface area (Å²) >= 11 is 0. The number of nitrogens with one attached hydrogen (secondary N) is 1. The van der Waals surface area contributed by atoms with Gasteiger partial charge in [-0.05, 0) is 26.7 Å². The molecule has 1 heterocycles. The smallest absolute Gasteiger partial charge is 0.0791 e. The molecule has 0 radical (unpaired) electrons. The van der Waals surface area contributed by atoms with E-state index in [-0.39, 0.29) is 11.6 Å². The Morgan fingerprint density at radius 3 is 2.69 bits per heavy atom. The number of rotatable bonds is 1. The topological polar surface area (TPSA) is 35.5 Å². The van der Waals surface area contributed by atoms with Crippen LogP contribution in [0.2, 0.25) is 0 Å². The van der Waals surface area contributed by atoms with E-state index >= 15 is 0 Å². The standard InChI is InChI=1S/C10H20N2O/c1-10(2)7-12(8-3-4-8)6-9(13)5-11-10/h8-9,11,13H,3-7H2,1-2H3. The molecule has 13 heavy (non-hydrogen) atoms. The molecule has 2 fully saturated rings. The third kappa shape index (κ3) is 2.42. The van der Waals surface area contributed by atoms with Gasteiger partial charge in [-0.1, -0.05) is 0 Å². The summed E-state index contributed by atoms with van der Waals surface area (Å²) in [5, 5.41) is 13.1. The van der Waals surface area contributed by atoms with E-state index in [1.165, 1.54) is 12.8 Å². The molecule has 0 aromatic heterocycles. The summed E-state index contributed by atoms with van der Waals surface area (Å²) in [4.78, 5) is 2.44. The summed E-state index contributed by atoms with van der Waals surface area (Å²) in [6, 6.07) is 0.758. The van der Waals surface area contributed by atoms with Crippen LogP contribution in [0, 0.1) is 0 Å². The van der Waals surface area contributed by atoms with Gasteiger partial charge < -0.3 is 10.4 Å². The number of β-amino-alcohol motifs (C(OH)–C–C–N with tert-alkyl or cyclic N) is 1. The molecule has 2 rings (SSSR count). The molecule has 1 aliphatic heterocycles. The lowest BCUT2D eigenvalue weighted by molar-refractivity contribution is 0.125. The van der Waals surface area contributed by atoms with Crippen molar-refractivity contribution in [3.05, 3.63) is 0 Å². The van der Waals surface area contributed by atoms with Crippen LogP contribution in [0.1, 0.15) is 26.7 Å². The minimum Gasteiger partial charge on any atom is -0.390 e. The van der Waals surface area contributed by atoms with E-state index in [0.29, 0.717) is 0 Å². The van der Waals surface area contributed by atoms with E-state index in [1.807, 2.05) is 0 Å². The lowest BCUT2D eigenvalue weighted by Crippen LogP contribution is -2.47. The third-order valence-corrected chi connectivity index (χ3v) is 2.92. The molecule has 0 bridgehead atoms. The fraction of sp³-hybridized carbons (Fsp3) is 1.00. The zero-order valence-corrected chi connectivity index (χ0v) is 8.58.